The summed E-state index contributed by atoms with van der Waals surface area (Å²) in [6, 6.07) is 13.2. The number of ether oxygens (including phenoxy) is 1. The summed E-state index contributed by atoms with van der Waals surface area (Å²) in [5.41, 5.74) is -0.962. The first kappa shape index (κ1) is 36.5. The summed E-state index contributed by atoms with van der Waals surface area (Å²) in [5, 5.41) is 8.40. The molecule has 11 nitrogen and oxygen atoms in total. The molecule has 3 aromatic heterocycles. The highest BCUT2D eigenvalue weighted by molar-refractivity contribution is 5.95. The second-order valence-corrected chi connectivity index (χ2v) is 12.8. The number of aryl methyl sites for hydroxylation is 1. The quantitative estimate of drug-likeness (QED) is 0.164. The maximum Gasteiger partial charge on any atom is 0.410 e. The largest absolute Gasteiger partial charge is 0.410 e. The topological polar surface area (TPSA) is 121 Å². The fraction of sp³-hybridized carbons (Fsp3) is 0.400. The van der Waals surface area contributed by atoms with Gasteiger partial charge in [-0.2, -0.15) is 27.7 Å². The lowest BCUT2D eigenvalue weighted by atomic mass is 9.91. The van der Waals surface area contributed by atoms with E-state index in [0.29, 0.717) is 53.5 Å². The number of nitrogens with one attached hydrogen (secondary N) is 1. The Bertz CT molecular complexity index is 1920. The standard InChI is InChI=1S/C35H38F4N6O5/c1-21-28(18-26(46)15-24-20-44(13-14-49-5)50-31(24)22-11-12-40-29(36)17-22)45(25-9-7-6-8-10-25)42-30(21)23-16-27(33(48)43(4)19-23)32(47)41-34(2,3)35(37,38)39/h6-12,16-17,19,24,31H,13-15,18,20H2,1-5H3,(H,41,47)/t24-,31+/m1/s1. The highest BCUT2D eigenvalue weighted by Gasteiger charge is 2.48. The molecule has 1 aliphatic rings. The van der Waals surface area contributed by atoms with E-state index in [1.54, 1.807) is 54.1 Å². The average molecular weight is 699 g/mol. The van der Waals surface area contributed by atoms with Crippen LogP contribution in [0.4, 0.5) is 17.6 Å². The van der Waals surface area contributed by atoms with Gasteiger partial charge in [0.25, 0.3) is 11.5 Å². The number of para-hydroxylation sites is 1. The number of rotatable bonds is 12. The molecule has 5 rings (SSSR count). The Balaban J connectivity index is 1.49. The highest BCUT2D eigenvalue weighted by Crippen LogP contribution is 2.37. The third kappa shape index (κ3) is 7.85. The van der Waals surface area contributed by atoms with Crippen molar-refractivity contribution in [1.29, 1.82) is 0 Å². The van der Waals surface area contributed by atoms with Crippen molar-refractivity contribution in [3.05, 3.63) is 99.6 Å². The Kier molecular flexibility index (Phi) is 10.7. The van der Waals surface area contributed by atoms with Crippen molar-refractivity contribution in [2.45, 2.75) is 51.4 Å². The third-order valence-electron chi connectivity index (χ3n) is 8.69. The van der Waals surface area contributed by atoms with Crippen LogP contribution < -0.4 is 10.9 Å². The minimum atomic E-state index is -4.76. The lowest BCUT2D eigenvalue weighted by Gasteiger charge is -2.28. The van der Waals surface area contributed by atoms with Crippen LogP contribution >= 0.6 is 0 Å². The number of pyridine rings is 2. The van der Waals surface area contributed by atoms with E-state index < -0.39 is 40.8 Å². The number of hydrogen-bond donors (Lipinski definition) is 1. The van der Waals surface area contributed by atoms with E-state index in [1.165, 1.54) is 31.6 Å². The number of hydroxylamine groups is 2. The number of alkyl halides is 3. The van der Waals surface area contributed by atoms with Crippen LogP contribution in [0.5, 0.6) is 0 Å². The third-order valence-corrected chi connectivity index (χ3v) is 8.69. The van der Waals surface area contributed by atoms with Crippen molar-refractivity contribution in [1.82, 2.24) is 29.7 Å². The normalized spacial score (nSPS) is 16.9. The van der Waals surface area contributed by atoms with Crippen LogP contribution in [0.1, 0.15) is 53.6 Å². The number of nitrogens with zero attached hydrogens (tertiary/aromatic N) is 5. The number of hydrogen-bond acceptors (Lipinski definition) is 8. The van der Waals surface area contributed by atoms with Gasteiger partial charge in [-0.15, -0.1) is 0 Å². The monoisotopic (exact) mass is 698 g/mol. The Morgan fingerprint density at radius 1 is 1.12 bits per heavy atom. The molecule has 50 heavy (non-hydrogen) atoms. The molecular weight excluding hydrogens is 660 g/mol. The Morgan fingerprint density at radius 2 is 1.84 bits per heavy atom. The Labute approximate surface area is 285 Å². The predicted molar refractivity (Wildman–Crippen MR) is 175 cm³/mol. The van der Waals surface area contributed by atoms with Gasteiger partial charge in [-0.25, -0.2) is 9.67 Å². The van der Waals surface area contributed by atoms with Crippen molar-refractivity contribution < 1.29 is 36.7 Å². The molecule has 4 heterocycles. The van der Waals surface area contributed by atoms with Gasteiger partial charge >= 0.3 is 6.18 Å². The predicted octanol–water partition coefficient (Wildman–Crippen LogP) is 4.90. The van der Waals surface area contributed by atoms with Gasteiger partial charge in [0.05, 0.1) is 23.7 Å². The second kappa shape index (κ2) is 14.6. The molecule has 0 spiro atoms. The molecule has 266 valence electrons. The summed E-state index contributed by atoms with van der Waals surface area (Å²) < 4.78 is 62.6. The summed E-state index contributed by atoms with van der Waals surface area (Å²) in [7, 11) is 2.95. The number of amides is 1. The molecule has 2 atom stereocenters. The Hall–Kier alpha value is -4.73. The molecule has 0 unspecified atom stereocenters. The molecule has 1 fully saturated rings. The van der Waals surface area contributed by atoms with Crippen LogP contribution in [0.25, 0.3) is 16.9 Å². The average Bonchev–Trinajstić information content (AvgIpc) is 3.60. The van der Waals surface area contributed by atoms with E-state index in [0.717, 1.165) is 18.4 Å². The number of halogens is 4. The number of methoxy groups -OCH3 is 1. The second-order valence-electron chi connectivity index (χ2n) is 12.8. The molecule has 1 aromatic carbocycles. The Morgan fingerprint density at radius 3 is 2.50 bits per heavy atom. The van der Waals surface area contributed by atoms with E-state index >= 15 is 0 Å². The maximum absolute atomic E-state index is 14.1. The van der Waals surface area contributed by atoms with E-state index in [2.05, 4.69) is 4.98 Å². The van der Waals surface area contributed by atoms with Crippen molar-refractivity contribution in [3.8, 4) is 16.9 Å². The summed E-state index contributed by atoms with van der Waals surface area (Å²) >= 11 is 0. The zero-order valence-corrected chi connectivity index (χ0v) is 28.3. The lowest BCUT2D eigenvalue weighted by Crippen LogP contribution is -2.55. The molecule has 1 saturated heterocycles. The molecule has 0 bridgehead atoms. The number of ketones is 1. The van der Waals surface area contributed by atoms with E-state index in [-0.39, 0.29) is 24.5 Å². The van der Waals surface area contributed by atoms with Crippen LogP contribution in [0.3, 0.4) is 0 Å². The zero-order chi connectivity index (χ0) is 36.4. The summed E-state index contributed by atoms with van der Waals surface area (Å²) in [6.07, 6.45) is -2.54. The molecule has 0 saturated carbocycles. The van der Waals surface area contributed by atoms with Gasteiger partial charge < -0.3 is 14.6 Å². The molecular formula is C35H38F4N6O5. The molecule has 15 heteroatoms. The number of carbonyl (C=O) groups excluding carboxylic acids is 2. The highest BCUT2D eigenvalue weighted by atomic mass is 19.4. The minimum Gasteiger partial charge on any atom is -0.383 e. The zero-order valence-electron chi connectivity index (χ0n) is 28.3. The first-order valence-corrected chi connectivity index (χ1v) is 15.9. The van der Waals surface area contributed by atoms with Crippen molar-refractivity contribution in [2.24, 2.45) is 13.0 Å². The summed E-state index contributed by atoms with van der Waals surface area (Å²) in [4.78, 5) is 49.6. The van der Waals surface area contributed by atoms with Crippen LogP contribution in [0, 0.1) is 18.8 Å². The van der Waals surface area contributed by atoms with Gasteiger partial charge in [0, 0.05) is 64.0 Å². The van der Waals surface area contributed by atoms with Gasteiger partial charge in [-0.05, 0) is 62.2 Å². The van der Waals surface area contributed by atoms with Crippen LogP contribution in [0.15, 0.2) is 65.7 Å². The summed E-state index contributed by atoms with van der Waals surface area (Å²) in [6.45, 7) is 4.60. The molecule has 0 aliphatic carbocycles. The van der Waals surface area contributed by atoms with Gasteiger partial charge in [-0.3, -0.25) is 19.2 Å². The molecule has 1 aliphatic heterocycles. The number of aromatic nitrogens is 4. The van der Waals surface area contributed by atoms with Crippen LogP contribution in [0.2, 0.25) is 0 Å². The number of Topliss-reactive ketones (excluding diaryl/α,β-unsaturated/α-hetero) is 1. The van der Waals surface area contributed by atoms with Crippen LogP contribution in [-0.4, -0.2) is 74.6 Å². The van der Waals surface area contributed by atoms with Crippen LogP contribution in [-0.2, 0) is 27.8 Å². The number of carbonyl (C=O) groups is 2. The van der Waals surface area contributed by atoms with Crippen molar-refractivity contribution in [3.63, 3.8) is 0 Å². The maximum atomic E-state index is 14.1. The van der Waals surface area contributed by atoms with Crippen molar-refractivity contribution in [2.75, 3.05) is 26.8 Å². The fourth-order valence-corrected chi connectivity index (χ4v) is 5.86. The van der Waals surface area contributed by atoms with Gasteiger partial charge in [0.2, 0.25) is 5.95 Å². The van der Waals surface area contributed by atoms with E-state index in [1.807, 2.05) is 11.4 Å². The van der Waals surface area contributed by atoms with Crippen molar-refractivity contribution >= 4 is 11.7 Å². The van der Waals surface area contributed by atoms with E-state index in [9.17, 15) is 31.9 Å². The molecule has 0 radical (unpaired) electrons. The smallest absolute Gasteiger partial charge is 0.383 e. The minimum absolute atomic E-state index is 0.0569. The van der Waals surface area contributed by atoms with E-state index in [4.69, 9.17) is 14.7 Å². The van der Waals surface area contributed by atoms with Gasteiger partial charge in [0.15, 0.2) is 0 Å². The molecule has 1 amide bonds. The molecule has 1 N–H and O–H groups in total. The molecule has 4 aromatic rings. The summed E-state index contributed by atoms with van der Waals surface area (Å²) in [5.74, 6) is -2.31. The first-order chi connectivity index (χ1) is 23.6. The first-order valence-electron chi connectivity index (χ1n) is 15.9. The SMILES string of the molecule is COCCN1C[C@@H](CC(=O)Cc2c(C)c(-c3cc(C(=O)NC(C)(C)C(F)(F)F)c(=O)n(C)c3)nn2-c2ccccc2)[C@H](c2ccnc(F)c2)O1. The van der Waals surface area contributed by atoms with Gasteiger partial charge in [0.1, 0.15) is 23.0 Å². The van der Waals surface area contributed by atoms with Gasteiger partial charge in [-0.1, -0.05) is 18.2 Å². The number of benzene rings is 1. The fourth-order valence-electron chi connectivity index (χ4n) is 5.86. The lowest BCUT2D eigenvalue weighted by molar-refractivity contribution is -0.182.